The Balaban J connectivity index is 1.62. The van der Waals surface area contributed by atoms with E-state index in [-0.39, 0.29) is 17.5 Å². The summed E-state index contributed by atoms with van der Waals surface area (Å²) in [5.74, 6) is -1.16. The van der Waals surface area contributed by atoms with Gasteiger partial charge in [0.15, 0.2) is 6.61 Å². The highest BCUT2D eigenvalue weighted by Gasteiger charge is 2.22. The molecule has 1 N–H and O–H groups in total. The summed E-state index contributed by atoms with van der Waals surface area (Å²) >= 11 is 0. The lowest BCUT2D eigenvalue weighted by Crippen LogP contribution is -2.34. The van der Waals surface area contributed by atoms with Gasteiger partial charge >= 0.3 is 5.97 Å². The van der Waals surface area contributed by atoms with Gasteiger partial charge < -0.3 is 14.6 Å². The molecule has 1 aliphatic rings. The molecule has 0 bridgehead atoms. The number of esters is 1. The smallest absolute Gasteiger partial charge is 0.349 e. The Hall–Kier alpha value is -3.33. The number of rotatable bonds is 7. The maximum atomic E-state index is 12.4. The van der Waals surface area contributed by atoms with Crippen molar-refractivity contribution in [3.63, 3.8) is 0 Å². The lowest BCUT2D eigenvalue weighted by Gasteiger charge is -2.26. The fourth-order valence-corrected chi connectivity index (χ4v) is 4.18. The average Bonchev–Trinajstić information content (AvgIpc) is 3.03. The van der Waals surface area contributed by atoms with Crippen molar-refractivity contribution in [3.8, 4) is 6.07 Å². The third-order valence-electron chi connectivity index (χ3n) is 5.74. The number of nitrogens with one attached hydrogen (secondary N) is 1. The van der Waals surface area contributed by atoms with Crippen molar-refractivity contribution >= 4 is 18.0 Å². The number of aromatic nitrogens is 1. The predicted molar refractivity (Wildman–Crippen MR) is 119 cm³/mol. The molecule has 1 aliphatic carbocycles. The Morgan fingerprint density at radius 2 is 2.10 bits per heavy atom. The van der Waals surface area contributed by atoms with Gasteiger partial charge in [0, 0.05) is 17.9 Å². The molecule has 1 aromatic carbocycles. The van der Waals surface area contributed by atoms with Crippen LogP contribution in [0.3, 0.4) is 0 Å². The highest BCUT2D eigenvalue weighted by atomic mass is 16.5. The van der Waals surface area contributed by atoms with Crippen LogP contribution in [0.1, 0.15) is 60.3 Å². The molecule has 1 amide bonds. The molecular formula is C25H29N3O3. The molecule has 0 saturated carbocycles. The summed E-state index contributed by atoms with van der Waals surface area (Å²) in [5, 5.41) is 12.4. The Morgan fingerprint density at radius 1 is 1.32 bits per heavy atom. The lowest BCUT2D eigenvalue weighted by molar-refractivity contribution is -0.144. The number of nitrogens with zero attached hydrogens (tertiary/aromatic N) is 2. The number of carbonyl (C=O) groups excluding carboxylic acids is 2. The van der Waals surface area contributed by atoms with E-state index in [0.29, 0.717) is 0 Å². The van der Waals surface area contributed by atoms with Gasteiger partial charge in [-0.25, -0.2) is 4.79 Å². The Kier molecular flexibility index (Phi) is 7.30. The van der Waals surface area contributed by atoms with Crippen LogP contribution >= 0.6 is 0 Å². The van der Waals surface area contributed by atoms with Crippen molar-refractivity contribution in [3.05, 3.63) is 64.0 Å². The van der Waals surface area contributed by atoms with Crippen LogP contribution in [0.4, 0.5) is 0 Å². The third-order valence-corrected chi connectivity index (χ3v) is 5.74. The average molecular weight is 420 g/mol. The van der Waals surface area contributed by atoms with Crippen molar-refractivity contribution in [1.29, 1.82) is 5.26 Å². The van der Waals surface area contributed by atoms with E-state index < -0.39 is 12.6 Å². The first-order chi connectivity index (χ1) is 14.9. The number of ether oxygens (including phenoxy) is 1. The molecule has 162 valence electrons. The van der Waals surface area contributed by atoms with Crippen molar-refractivity contribution in [2.75, 3.05) is 6.61 Å². The van der Waals surface area contributed by atoms with Crippen LogP contribution in [-0.4, -0.2) is 23.1 Å². The predicted octanol–water partition coefficient (Wildman–Crippen LogP) is 4.16. The van der Waals surface area contributed by atoms with Gasteiger partial charge in [-0.3, -0.25) is 4.79 Å². The van der Waals surface area contributed by atoms with E-state index in [1.54, 1.807) is 0 Å². The second-order valence-corrected chi connectivity index (χ2v) is 7.94. The van der Waals surface area contributed by atoms with Crippen molar-refractivity contribution in [2.45, 2.75) is 59.0 Å². The van der Waals surface area contributed by atoms with Crippen LogP contribution in [0.5, 0.6) is 0 Å². The molecule has 3 rings (SSSR count). The first kappa shape index (κ1) is 22.4. The minimum absolute atomic E-state index is 0.0777. The molecule has 1 aromatic heterocycles. The van der Waals surface area contributed by atoms with Gasteiger partial charge in [0.05, 0.1) is 6.04 Å². The quantitative estimate of drug-likeness (QED) is 0.415. The van der Waals surface area contributed by atoms with Crippen LogP contribution in [0.25, 0.3) is 6.08 Å². The van der Waals surface area contributed by atoms with Crippen LogP contribution in [0, 0.1) is 25.2 Å². The maximum Gasteiger partial charge on any atom is 0.349 e. The lowest BCUT2D eigenvalue weighted by atomic mass is 9.88. The van der Waals surface area contributed by atoms with E-state index in [9.17, 15) is 14.9 Å². The summed E-state index contributed by atoms with van der Waals surface area (Å²) in [6.45, 7) is 6.53. The van der Waals surface area contributed by atoms with Gasteiger partial charge in [0.1, 0.15) is 11.6 Å². The number of hydrogen-bond acceptors (Lipinski definition) is 4. The number of benzene rings is 1. The number of fused-ring (bicyclic) bond motifs is 1. The molecule has 1 heterocycles. The topological polar surface area (TPSA) is 84.1 Å². The van der Waals surface area contributed by atoms with Gasteiger partial charge in [-0.2, -0.15) is 5.26 Å². The summed E-state index contributed by atoms with van der Waals surface area (Å²) in [4.78, 5) is 24.8. The maximum absolute atomic E-state index is 12.4. The Labute approximate surface area is 183 Å². The van der Waals surface area contributed by atoms with Crippen molar-refractivity contribution in [1.82, 2.24) is 9.88 Å². The molecule has 1 atom stereocenters. The standard InChI is InChI=1S/C25H29N3O3/c1-4-12-28-17(2)13-20(18(28)3)14-21(15-26)25(30)31-16-24(29)27-23-11-7-9-19-8-5-6-10-22(19)23/h5-6,8,10,13-14,23H,4,7,9,11-12,16H2,1-3H3,(H,27,29). The number of amides is 1. The first-order valence-corrected chi connectivity index (χ1v) is 10.8. The zero-order valence-corrected chi connectivity index (χ0v) is 18.4. The molecule has 1 unspecified atom stereocenters. The van der Waals surface area contributed by atoms with Gasteiger partial charge in [-0.15, -0.1) is 0 Å². The Morgan fingerprint density at radius 3 is 2.84 bits per heavy atom. The number of carbonyl (C=O) groups is 2. The van der Waals surface area contributed by atoms with Crippen molar-refractivity contribution < 1.29 is 14.3 Å². The highest BCUT2D eigenvalue weighted by Crippen LogP contribution is 2.29. The highest BCUT2D eigenvalue weighted by molar-refractivity contribution is 5.99. The third kappa shape index (κ3) is 5.24. The summed E-state index contributed by atoms with van der Waals surface area (Å²) in [5.41, 5.74) is 5.12. The van der Waals surface area contributed by atoms with E-state index in [1.165, 1.54) is 11.6 Å². The van der Waals surface area contributed by atoms with E-state index in [0.717, 1.165) is 54.7 Å². The number of hydrogen-bond donors (Lipinski definition) is 1. The molecule has 0 aliphatic heterocycles. The zero-order chi connectivity index (χ0) is 22.4. The SMILES string of the molecule is CCCn1c(C)cc(C=C(C#N)C(=O)OCC(=O)NC2CCCc3ccccc32)c1C. The molecule has 6 heteroatoms. The molecule has 0 radical (unpaired) electrons. The number of aryl methyl sites for hydroxylation is 2. The van der Waals surface area contributed by atoms with Crippen molar-refractivity contribution in [2.24, 2.45) is 0 Å². The van der Waals surface area contributed by atoms with Crippen LogP contribution in [0.15, 0.2) is 35.9 Å². The zero-order valence-electron chi connectivity index (χ0n) is 18.4. The molecule has 0 spiro atoms. The minimum Gasteiger partial charge on any atom is -0.451 e. The van der Waals surface area contributed by atoms with E-state index in [2.05, 4.69) is 22.9 Å². The van der Waals surface area contributed by atoms with Gasteiger partial charge in [-0.05, 0) is 68.4 Å². The fraction of sp³-hybridized carbons (Fsp3) is 0.400. The van der Waals surface area contributed by atoms with Crippen LogP contribution in [0.2, 0.25) is 0 Å². The van der Waals surface area contributed by atoms with Crippen LogP contribution in [-0.2, 0) is 27.3 Å². The Bertz CT molecular complexity index is 1040. The second kappa shape index (κ2) is 10.1. The van der Waals surface area contributed by atoms with Gasteiger partial charge in [0.2, 0.25) is 0 Å². The van der Waals surface area contributed by atoms with E-state index in [4.69, 9.17) is 4.74 Å². The summed E-state index contributed by atoms with van der Waals surface area (Å²) in [6.07, 6.45) is 5.39. The number of nitriles is 1. The largest absolute Gasteiger partial charge is 0.451 e. The minimum atomic E-state index is -0.790. The summed E-state index contributed by atoms with van der Waals surface area (Å²) in [7, 11) is 0. The van der Waals surface area contributed by atoms with Gasteiger partial charge in [0.25, 0.3) is 5.91 Å². The molecule has 0 fully saturated rings. The normalized spacial score (nSPS) is 15.7. The fourth-order valence-electron chi connectivity index (χ4n) is 4.18. The molecular weight excluding hydrogens is 390 g/mol. The molecule has 31 heavy (non-hydrogen) atoms. The monoisotopic (exact) mass is 419 g/mol. The van der Waals surface area contributed by atoms with Gasteiger partial charge in [-0.1, -0.05) is 31.2 Å². The van der Waals surface area contributed by atoms with Crippen LogP contribution < -0.4 is 5.32 Å². The first-order valence-electron chi connectivity index (χ1n) is 10.8. The van der Waals surface area contributed by atoms with E-state index >= 15 is 0 Å². The molecule has 0 saturated heterocycles. The summed E-state index contributed by atoms with van der Waals surface area (Å²) < 4.78 is 7.29. The second-order valence-electron chi connectivity index (χ2n) is 7.94. The summed E-state index contributed by atoms with van der Waals surface area (Å²) in [6, 6.07) is 11.8. The molecule has 2 aromatic rings. The molecule has 6 nitrogen and oxygen atoms in total. The van der Waals surface area contributed by atoms with E-state index in [1.807, 2.05) is 44.2 Å².